The first kappa shape index (κ1) is 19.1. The molecular formula is C24H17FN2OSe. The van der Waals surface area contributed by atoms with E-state index in [1.165, 1.54) is 16.6 Å². The van der Waals surface area contributed by atoms with Crippen LogP contribution in [0.25, 0.3) is 11.1 Å². The van der Waals surface area contributed by atoms with Crippen molar-refractivity contribution < 1.29 is 9.18 Å². The van der Waals surface area contributed by atoms with Gasteiger partial charge in [0.25, 0.3) is 0 Å². The van der Waals surface area contributed by atoms with Crippen LogP contribution in [0.4, 0.5) is 10.1 Å². The van der Waals surface area contributed by atoms with Crippen LogP contribution >= 0.6 is 0 Å². The van der Waals surface area contributed by atoms with Crippen LogP contribution in [-0.4, -0.2) is 25.8 Å². The number of rotatable bonds is 5. The summed E-state index contributed by atoms with van der Waals surface area (Å²) in [5.74, 6) is -0.608. The van der Waals surface area contributed by atoms with Gasteiger partial charge in [0.05, 0.1) is 0 Å². The van der Waals surface area contributed by atoms with E-state index in [-0.39, 0.29) is 26.7 Å². The summed E-state index contributed by atoms with van der Waals surface area (Å²) < 4.78 is 16.4. The zero-order chi connectivity index (χ0) is 20.1. The van der Waals surface area contributed by atoms with Crippen LogP contribution in [0.1, 0.15) is 10.5 Å². The minimum atomic E-state index is -0.307. The standard InChI is InChI=1S/C24H17FN2OSe/c25-17-13-14-23(29-18-8-2-1-3-9-18)20(16-17)19-10-4-5-11-21(19)27-24(28)22-12-6-7-15-26-22/h1-16H,(H,27,28). The van der Waals surface area contributed by atoms with Gasteiger partial charge in [0.2, 0.25) is 0 Å². The molecule has 4 aromatic rings. The fraction of sp³-hybridized carbons (Fsp3) is 0. The Kier molecular flexibility index (Phi) is 5.80. The van der Waals surface area contributed by atoms with Crippen LogP contribution in [0.15, 0.2) is 97.2 Å². The SMILES string of the molecule is O=C(Nc1ccccc1-c1cc(F)ccc1[Se]c1ccccc1)c1ccccn1. The molecule has 0 aliphatic rings. The predicted octanol–water partition coefficient (Wildman–Crippen LogP) is 3.80. The van der Waals surface area contributed by atoms with Crippen molar-refractivity contribution in [3.63, 3.8) is 0 Å². The Morgan fingerprint density at radius 2 is 1.59 bits per heavy atom. The number of para-hydroxylation sites is 1. The summed E-state index contributed by atoms with van der Waals surface area (Å²) in [4.78, 5) is 16.7. The van der Waals surface area contributed by atoms with Crippen molar-refractivity contribution in [3.05, 3.63) is 109 Å². The number of nitrogens with one attached hydrogen (secondary N) is 1. The first-order chi connectivity index (χ1) is 14.2. The average molecular weight is 447 g/mol. The van der Waals surface area contributed by atoms with Crippen molar-refractivity contribution in [1.29, 1.82) is 0 Å². The van der Waals surface area contributed by atoms with Crippen LogP contribution in [-0.2, 0) is 0 Å². The summed E-state index contributed by atoms with van der Waals surface area (Å²) in [6.45, 7) is 0. The molecule has 29 heavy (non-hydrogen) atoms. The summed E-state index contributed by atoms with van der Waals surface area (Å²) in [5, 5.41) is 2.92. The first-order valence-corrected chi connectivity index (χ1v) is 10.8. The van der Waals surface area contributed by atoms with Crippen molar-refractivity contribution in [2.24, 2.45) is 0 Å². The molecule has 4 rings (SSSR count). The van der Waals surface area contributed by atoms with Gasteiger partial charge in [-0.1, -0.05) is 0 Å². The van der Waals surface area contributed by atoms with Crippen molar-refractivity contribution >= 4 is 35.5 Å². The van der Waals surface area contributed by atoms with E-state index < -0.39 is 0 Å². The molecule has 1 amide bonds. The Morgan fingerprint density at radius 3 is 2.38 bits per heavy atom. The number of nitrogens with zero attached hydrogens (tertiary/aromatic N) is 1. The molecule has 0 aliphatic heterocycles. The molecule has 0 spiro atoms. The van der Waals surface area contributed by atoms with Gasteiger partial charge in [0.1, 0.15) is 0 Å². The van der Waals surface area contributed by atoms with Gasteiger partial charge in [-0.2, -0.15) is 0 Å². The number of benzene rings is 3. The van der Waals surface area contributed by atoms with Gasteiger partial charge in [-0.25, -0.2) is 0 Å². The number of carbonyl (C=O) groups is 1. The number of carbonyl (C=O) groups excluding carboxylic acids is 1. The third kappa shape index (κ3) is 4.60. The van der Waals surface area contributed by atoms with Gasteiger partial charge in [-0.3, -0.25) is 0 Å². The Labute approximate surface area is 174 Å². The second kappa shape index (κ2) is 8.82. The molecule has 0 fully saturated rings. The summed E-state index contributed by atoms with van der Waals surface area (Å²) in [6, 6.07) is 27.6. The molecule has 0 radical (unpaired) electrons. The van der Waals surface area contributed by atoms with Crippen molar-refractivity contribution in [1.82, 2.24) is 4.98 Å². The predicted molar refractivity (Wildman–Crippen MR) is 115 cm³/mol. The molecule has 0 atom stereocenters. The van der Waals surface area contributed by atoms with Gasteiger partial charge in [0.15, 0.2) is 0 Å². The van der Waals surface area contributed by atoms with Crippen LogP contribution in [0.2, 0.25) is 0 Å². The Morgan fingerprint density at radius 1 is 0.828 bits per heavy atom. The Hall–Kier alpha value is -3.27. The molecule has 142 valence electrons. The molecule has 0 saturated carbocycles. The number of aromatic nitrogens is 1. The average Bonchev–Trinajstić information content (AvgIpc) is 2.77. The summed E-state index contributed by atoms with van der Waals surface area (Å²) in [5.41, 5.74) is 2.52. The Bertz CT molecular complexity index is 1130. The van der Waals surface area contributed by atoms with Gasteiger partial charge in [-0.05, 0) is 0 Å². The van der Waals surface area contributed by atoms with Crippen LogP contribution in [0, 0.1) is 5.82 Å². The van der Waals surface area contributed by atoms with E-state index in [4.69, 9.17) is 0 Å². The zero-order valence-electron chi connectivity index (χ0n) is 15.4. The normalized spacial score (nSPS) is 10.5. The number of hydrogen-bond donors (Lipinski definition) is 1. The molecule has 1 heterocycles. The molecule has 3 nitrogen and oxygen atoms in total. The van der Waals surface area contributed by atoms with Crippen LogP contribution in [0.3, 0.4) is 0 Å². The number of halogens is 1. The topological polar surface area (TPSA) is 42.0 Å². The molecule has 1 aromatic heterocycles. The van der Waals surface area contributed by atoms with Crippen molar-refractivity contribution in [3.8, 4) is 11.1 Å². The fourth-order valence-electron chi connectivity index (χ4n) is 2.93. The minimum absolute atomic E-state index is 0.00238. The van der Waals surface area contributed by atoms with Crippen molar-refractivity contribution in [2.45, 2.75) is 0 Å². The molecule has 0 unspecified atom stereocenters. The second-order valence-electron chi connectivity index (χ2n) is 6.27. The van der Waals surface area contributed by atoms with E-state index in [0.717, 1.165) is 15.6 Å². The van der Waals surface area contributed by atoms with E-state index >= 15 is 0 Å². The number of amides is 1. The fourth-order valence-corrected chi connectivity index (χ4v) is 4.95. The maximum absolute atomic E-state index is 14.1. The molecule has 0 bridgehead atoms. The summed E-state index contributed by atoms with van der Waals surface area (Å²) in [6.07, 6.45) is 1.58. The molecule has 3 aromatic carbocycles. The van der Waals surface area contributed by atoms with Gasteiger partial charge in [0, 0.05) is 0 Å². The van der Waals surface area contributed by atoms with E-state index in [9.17, 15) is 9.18 Å². The van der Waals surface area contributed by atoms with E-state index in [0.29, 0.717) is 11.4 Å². The number of anilines is 1. The molecule has 5 heteroatoms. The van der Waals surface area contributed by atoms with E-state index in [1.54, 1.807) is 24.4 Å². The van der Waals surface area contributed by atoms with Crippen LogP contribution < -0.4 is 14.2 Å². The number of hydrogen-bond acceptors (Lipinski definition) is 2. The molecule has 1 N–H and O–H groups in total. The third-order valence-corrected chi connectivity index (χ3v) is 6.55. The monoisotopic (exact) mass is 448 g/mol. The summed E-state index contributed by atoms with van der Waals surface area (Å²) in [7, 11) is 0. The number of pyridine rings is 1. The maximum atomic E-state index is 14.1. The van der Waals surface area contributed by atoms with E-state index in [1.807, 2.05) is 48.5 Å². The second-order valence-corrected chi connectivity index (χ2v) is 8.61. The molecular weight excluding hydrogens is 430 g/mol. The van der Waals surface area contributed by atoms with E-state index in [2.05, 4.69) is 22.4 Å². The van der Waals surface area contributed by atoms with Crippen molar-refractivity contribution in [2.75, 3.05) is 5.32 Å². The third-order valence-electron chi connectivity index (χ3n) is 4.28. The van der Waals surface area contributed by atoms with Gasteiger partial charge < -0.3 is 0 Å². The quantitative estimate of drug-likeness (QED) is 0.473. The van der Waals surface area contributed by atoms with Crippen LogP contribution in [0.5, 0.6) is 0 Å². The van der Waals surface area contributed by atoms with Gasteiger partial charge >= 0.3 is 175 Å². The van der Waals surface area contributed by atoms with Gasteiger partial charge in [-0.15, -0.1) is 0 Å². The zero-order valence-corrected chi connectivity index (χ0v) is 17.1. The molecule has 0 aliphatic carbocycles. The molecule has 0 saturated heterocycles. The summed E-state index contributed by atoms with van der Waals surface area (Å²) >= 11 is 0.00238. The Balaban J connectivity index is 1.72. The first-order valence-electron chi connectivity index (χ1n) is 9.05.